The van der Waals surface area contributed by atoms with Crippen molar-refractivity contribution in [3.8, 4) is 5.69 Å². The average molecular weight is 437 g/mol. The van der Waals surface area contributed by atoms with Crippen LogP contribution in [-0.2, 0) is 24.9 Å². The highest BCUT2D eigenvalue weighted by atomic mass is 16.5. The van der Waals surface area contributed by atoms with E-state index in [1.165, 1.54) is 22.2 Å². The maximum absolute atomic E-state index is 12.3. The summed E-state index contributed by atoms with van der Waals surface area (Å²) in [5.74, 6) is 1.24. The van der Waals surface area contributed by atoms with Crippen molar-refractivity contribution in [3.63, 3.8) is 0 Å². The Bertz CT molecular complexity index is 1210. The number of aryl methyl sites for hydroxylation is 2. The second kappa shape index (κ2) is 9.29. The molecular weight excluding hydrogens is 408 g/mol. The highest BCUT2D eigenvalue weighted by Crippen LogP contribution is 2.30. The number of hydrogen-bond acceptors (Lipinski definition) is 7. The minimum Gasteiger partial charge on any atom is -0.475 e. The van der Waals surface area contributed by atoms with Crippen molar-refractivity contribution in [1.29, 1.82) is 0 Å². The molecule has 1 aliphatic carbocycles. The number of tetrazole rings is 1. The fourth-order valence-corrected chi connectivity index (χ4v) is 3.41. The zero-order valence-electron chi connectivity index (χ0n) is 18.9. The summed E-state index contributed by atoms with van der Waals surface area (Å²) in [6.07, 6.45) is 4.92. The molecule has 1 aliphatic rings. The maximum atomic E-state index is 12.3. The zero-order chi connectivity index (χ0) is 22.7. The van der Waals surface area contributed by atoms with Crippen LogP contribution in [0.15, 0.2) is 45.5 Å². The zero-order valence-corrected chi connectivity index (χ0v) is 18.9. The van der Waals surface area contributed by atoms with Crippen LogP contribution in [0, 0.1) is 12.8 Å². The lowest BCUT2D eigenvalue weighted by molar-refractivity contribution is 0.282. The molecular formula is C22H28N8O2. The molecule has 0 radical (unpaired) electrons. The topological polar surface area (TPSA) is 104 Å². The lowest BCUT2D eigenvalue weighted by Crippen LogP contribution is -2.23. The first kappa shape index (κ1) is 21.7. The molecule has 1 fully saturated rings. The minimum atomic E-state index is -0.315. The molecule has 2 aromatic heterocycles. The van der Waals surface area contributed by atoms with E-state index in [4.69, 9.17) is 4.74 Å². The second-order valence-electron chi connectivity index (χ2n) is 8.03. The number of ether oxygens (including phenoxy) is 1. The van der Waals surface area contributed by atoms with E-state index in [-0.39, 0.29) is 12.3 Å². The summed E-state index contributed by atoms with van der Waals surface area (Å²) in [5, 5.41) is 20.9. The lowest BCUT2D eigenvalue weighted by Gasteiger charge is -2.13. The first-order valence-electron chi connectivity index (χ1n) is 10.8. The fourth-order valence-electron chi connectivity index (χ4n) is 3.41. The van der Waals surface area contributed by atoms with Gasteiger partial charge in [0.15, 0.2) is 0 Å². The third kappa shape index (κ3) is 4.68. The summed E-state index contributed by atoms with van der Waals surface area (Å²) in [6.45, 7) is 7.03. The van der Waals surface area contributed by atoms with Gasteiger partial charge in [0.05, 0.1) is 17.1 Å². The van der Waals surface area contributed by atoms with Gasteiger partial charge in [0.1, 0.15) is 6.61 Å². The van der Waals surface area contributed by atoms with E-state index in [0.717, 1.165) is 35.0 Å². The molecule has 0 unspecified atom stereocenters. The molecule has 0 atom stereocenters. The van der Waals surface area contributed by atoms with Crippen LogP contribution in [-0.4, -0.2) is 41.2 Å². The molecule has 2 heterocycles. The van der Waals surface area contributed by atoms with Gasteiger partial charge in [-0.3, -0.25) is 4.68 Å². The van der Waals surface area contributed by atoms with Gasteiger partial charge in [-0.1, -0.05) is 19.1 Å². The highest BCUT2D eigenvalue weighted by molar-refractivity contribution is 5.97. The molecule has 1 aromatic carbocycles. The molecule has 0 saturated heterocycles. The lowest BCUT2D eigenvalue weighted by atomic mass is 10.1. The third-order valence-electron chi connectivity index (χ3n) is 5.55. The Labute approximate surface area is 186 Å². The van der Waals surface area contributed by atoms with Crippen LogP contribution >= 0.6 is 0 Å². The molecule has 10 heteroatoms. The summed E-state index contributed by atoms with van der Waals surface area (Å²) < 4.78 is 10.5. The Kier molecular flexibility index (Phi) is 6.29. The normalized spacial score (nSPS) is 14.8. The van der Waals surface area contributed by atoms with Gasteiger partial charge in [-0.15, -0.1) is 5.10 Å². The first-order valence-corrected chi connectivity index (χ1v) is 10.8. The largest absolute Gasteiger partial charge is 0.475 e. The predicted molar refractivity (Wildman–Crippen MR) is 121 cm³/mol. The second-order valence-corrected chi connectivity index (χ2v) is 8.03. The standard InChI is InChI=1S/C22H28N8O2/c1-5-21(25-24-16(3)19-11-12-23-29(19)13-17-9-10-17)32-14-18-15(2)7-6-8-20(18)30-22(31)28(4)26-27-30/h6-8,11-12,17H,5,9-10,13-14H2,1-4H3. The van der Waals surface area contributed by atoms with Crippen molar-refractivity contribution in [2.45, 2.75) is 53.2 Å². The quantitative estimate of drug-likeness (QED) is 0.307. The molecule has 10 nitrogen and oxygen atoms in total. The van der Waals surface area contributed by atoms with Crippen LogP contribution in [0.25, 0.3) is 5.69 Å². The fraction of sp³-hybridized carbons (Fsp3) is 0.455. The van der Waals surface area contributed by atoms with Crippen LogP contribution < -0.4 is 5.69 Å². The molecule has 0 N–H and O–H groups in total. The van der Waals surface area contributed by atoms with Crippen molar-refractivity contribution < 1.29 is 4.74 Å². The molecule has 32 heavy (non-hydrogen) atoms. The minimum absolute atomic E-state index is 0.242. The Hall–Kier alpha value is -3.56. The average Bonchev–Trinajstić information content (AvgIpc) is 3.38. The summed E-state index contributed by atoms with van der Waals surface area (Å²) in [6, 6.07) is 7.63. The SMILES string of the molecule is CCC(=NN=C(C)c1ccnn1CC1CC1)OCc1c(C)cccc1-n1nnn(C)c1=O. The smallest absolute Gasteiger partial charge is 0.368 e. The van der Waals surface area contributed by atoms with Gasteiger partial charge in [-0.2, -0.15) is 19.6 Å². The van der Waals surface area contributed by atoms with Crippen LogP contribution in [0.4, 0.5) is 0 Å². The van der Waals surface area contributed by atoms with Gasteiger partial charge in [-0.05, 0) is 60.7 Å². The van der Waals surface area contributed by atoms with Crippen LogP contribution in [0.3, 0.4) is 0 Å². The van der Waals surface area contributed by atoms with Crippen molar-refractivity contribution in [3.05, 3.63) is 57.8 Å². The van der Waals surface area contributed by atoms with Crippen LogP contribution in [0.5, 0.6) is 0 Å². The van der Waals surface area contributed by atoms with E-state index in [1.807, 2.05) is 49.7 Å². The number of benzene rings is 1. The molecule has 4 rings (SSSR count). The summed E-state index contributed by atoms with van der Waals surface area (Å²) >= 11 is 0. The maximum Gasteiger partial charge on any atom is 0.368 e. The molecule has 168 valence electrons. The summed E-state index contributed by atoms with van der Waals surface area (Å²) in [7, 11) is 1.57. The van der Waals surface area contributed by atoms with Crippen molar-refractivity contribution in [2.24, 2.45) is 23.2 Å². The number of rotatable bonds is 8. The van der Waals surface area contributed by atoms with E-state index >= 15 is 0 Å². The predicted octanol–water partition coefficient (Wildman–Crippen LogP) is 2.63. The molecule has 0 spiro atoms. The van der Waals surface area contributed by atoms with Crippen molar-refractivity contribution in [1.82, 2.24) is 29.6 Å². The molecule has 0 aliphatic heterocycles. The Morgan fingerprint density at radius 2 is 2.03 bits per heavy atom. The molecule has 0 bridgehead atoms. The summed E-state index contributed by atoms with van der Waals surface area (Å²) in [5.41, 5.74) is 3.92. The van der Waals surface area contributed by atoms with Gasteiger partial charge < -0.3 is 4.74 Å². The third-order valence-corrected chi connectivity index (χ3v) is 5.55. The number of nitrogens with zero attached hydrogens (tertiary/aromatic N) is 8. The van der Waals surface area contributed by atoms with E-state index in [1.54, 1.807) is 13.2 Å². The Balaban J connectivity index is 1.52. The molecule has 1 saturated carbocycles. The van der Waals surface area contributed by atoms with Gasteiger partial charge >= 0.3 is 5.69 Å². The Morgan fingerprint density at radius 1 is 1.22 bits per heavy atom. The van der Waals surface area contributed by atoms with E-state index in [9.17, 15) is 4.79 Å². The van der Waals surface area contributed by atoms with Crippen molar-refractivity contribution in [2.75, 3.05) is 0 Å². The van der Waals surface area contributed by atoms with E-state index in [2.05, 4.69) is 25.7 Å². The van der Waals surface area contributed by atoms with Gasteiger partial charge in [0.2, 0.25) is 5.90 Å². The van der Waals surface area contributed by atoms with Gasteiger partial charge in [0, 0.05) is 31.8 Å². The van der Waals surface area contributed by atoms with E-state index in [0.29, 0.717) is 18.0 Å². The van der Waals surface area contributed by atoms with Crippen LogP contribution in [0.1, 0.15) is 49.9 Å². The number of aromatic nitrogens is 6. The van der Waals surface area contributed by atoms with Crippen molar-refractivity contribution >= 4 is 11.6 Å². The van der Waals surface area contributed by atoms with E-state index < -0.39 is 0 Å². The molecule has 3 aromatic rings. The first-order chi connectivity index (χ1) is 15.5. The highest BCUT2D eigenvalue weighted by Gasteiger charge is 2.23. The number of hydrogen-bond donors (Lipinski definition) is 0. The Morgan fingerprint density at radius 3 is 2.72 bits per heavy atom. The van der Waals surface area contributed by atoms with Gasteiger partial charge in [-0.25, -0.2) is 4.79 Å². The monoisotopic (exact) mass is 436 g/mol. The van der Waals surface area contributed by atoms with Crippen LogP contribution in [0.2, 0.25) is 0 Å². The molecule has 0 amide bonds. The van der Waals surface area contributed by atoms with Gasteiger partial charge in [0.25, 0.3) is 0 Å². The summed E-state index contributed by atoms with van der Waals surface area (Å²) in [4.78, 5) is 12.3.